The lowest BCUT2D eigenvalue weighted by atomic mass is 10.3. The van der Waals surface area contributed by atoms with Gasteiger partial charge in [0.1, 0.15) is 0 Å². The number of hydrogen-bond acceptors (Lipinski definition) is 6. The van der Waals surface area contributed by atoms with Gasteiger partial charge >= 0.3 is 0 Å². The van der Waals surface area contributed by atoms with Crippen LogP contribution in [0.1, 0.15) is 16.7 Å². The first kappa shape index (κ1) is 10.7. The van der Waals surface area contributed by atoms with Crippen LogP contribution in [0.2, 0.25) is 0 Å². The Morgan fingerprint density at radius 3 is 3.00 bits per heavy atom. The first-order chi connectivity index (χ1) is 7.16. The molecule has 1 aliphatic heterocycles. The molecule has 1 unspecified atom stereocenters. The van der Waals surface area contributed by atoms with Crippen LogP contribution in [0.4, 0.5) is 5.13 Å². The van der Waals surface area contributed by atoms with E-state index in [1.54, 1.807) is 0 Å². The van der Waals surface area contributed by atoms with E-state index in [1.807, 2.05) is 16.7 Å². The summed E-state index contributed by atoms with van der Waals surface area (Å²) in [5.41, 5.74) is 5.44. The zero-order valence-electron chi connectivity index (χ0n) is 8.34. The summed E-state index contributed by atoms with van der Waals surface area (Å²) in [4.78, 5) is 13.7. The molecule has 2 heterocycles. The minimum Gasteiger partial charge on any atom is -0.374 e. The lowest BCUT2D eigenvalue weighted by Crippen LogP contribution is -2.41. The highest BCUT2D eigenvalue weighted by atomic mass is 32.2. The number of nitrogens with zero attached hydrogens (tertiary/aromatic N) is 3. The van der Waals surface area contributed by atoms with E-state index in [0.29, 0.717) is 15.4 Å². The summed E-state index contributed by atoms with van der Waals surface area (Å²) in [6.45, 7) is 3.69. The number of nitrogens with two attached hydrogens (primary N) is 1. The molecule has 0 spiro atoms. The second kappa shape index (κ2) is 4.36. The smallest absolute Gasteiger partial charge is 0.284 e. The molecule has 2 rings (SSSR count). The number of hydrogen-bond donors (Lipinski definition) is 1. The van der Waals surface area contributed by atoms with E-state index in [0.717, 1.165) is 30.2 Å². The summed E-state index contributed by atoms with van der Waals surface area (Å²) in [6, 6.07) is 0. The van der Waals surface area contributed by atoms with E-state index < -0.39 is 0 Å². The molecule has 1 aromatic rings. The Bertz CT molecular complexity index is 367. The largest absolute Gasteiger partial charge is 0.374 e. The maximum Gasteiger partial charge on any atom is 0.284 e. The number of nitrogen functional groups attached to an aromatic ring is 1. The number of anilines is 1. The predicted molar refractivity (Wildman–Crippen MR) is 62.1 cm³/mol. The van der Waals surface area contributed by atoms with Gasteiger partial charge in [-0.15, -0.1) is 10.2 Å². The highest BCUT2D eigenvalue weighted by Crippen LogP contribution is 2.21. The molecule has 15 heavy (non-hydrogen) atoms. The fourth-order valence-electron chi connectivity index (χ4n) is 1.46. The molecule has 7 heteroatoms. The molecular weight excluding hydrogens is 232 g/mol. The molecule has 1 saturated heterocycles. The molecule has 0 aliphatic carbocycles. The van der Waals surface area contributed by atoms with Gasteiger partial charge in [-0.2, -0.15) is 11.8 Å². The van der Waals surface area contributed by atoms with Crippen molar-refractivity contribution < 1.29 is 4.79 Å². The topological polar surface area (TPSA) is 72.1 Å². The highest BCUT2D eigenvalue weighted by molar-refractivity contribution is 7.99. The zero-order chi connectivity index (χ0) is 10.8. The molecule has 2 N–H and O–H groups in total. The molecule has 1 aromatic heterocycles. The van der Waals surface area contributed by atoms with E-state index in [9.17, 15) is 4.79 Å². The van der Waals surface area contributed by atoms with Gasteiger partial charge in [0.15, 0.2) is 0 Å². The minimum absolute atomic E-state index is 0.0450. The van der Waals surface area contributed by atoms with Crippen molar-refractivity contribution in [3.8, 4) is 0 Å². The maximum atomic E-state index is 11.9. The summed E-state index contributed by atoms with van der Waals surface area (Å²) < 4.78 is 0. The Balaban J connectivity index is 2.07. The number of thioether (sulfide) groups is 1. The normalized spacial score (nSPS) is 21.7. The van der Waals surface area contributed by atoms with Crippen molar-refractivity contribution in [1.29, 1.82) is 0 Å². The van der Waals surface area contributed by atoms with Crippen LogP contribution in [0.3, 0.4) is 0 Å². The Morgan fingerprint density at radius 1 is 1.60 bits per heavy atom. The second-order valence-corrected chi connectivity index (χ2v) is 5.93. The average Bonchev–Trinajstić information content (AvgIpc) is 2.64. The maximum absolute atomic E-state index is 11.9. The molecule has 5 nitrogen and oxygen atoms in total. The van der Waals surface area contributed by atoms with Crippen LogP contribution in [-0.4, -0.2) is 45.1 Å². The summed E-state index contributed by atoms with van der Waals surface area (Å²) in [7, 11) is 0. The molecular formula is C8H12N4OS2. The SMILES string of the molecule is CC1CN(C(=O)c2nnc(N)s2)CCS1. The number of amides is 1. The molecule has 1 amide bonds. The minimum atomic E-state index is -0.0450. The molecule has 1 atom stereocenters. The molecule has 0 radical (unpaired) electrons. The van der Waals surface area contributed by atoms with Crippen molar-refractivity contribution in [2.24, 2.45) is 0 Å². The van der Waals surface area contributed by atoms with Crippen molar-refractivity contribution in [2.75, 3.05) is 24.6 Å². The third kappa shape index (κ3) is 2.40. The first-order valence-electron chi connectivity index (χ1n) is 4.66. The van der Waals surface area contributed by atoms with Crippen molar-refractivity contribution >= 4 is 34.1 Å². The van der Waals surface area contributed by atoms with Crippen LogP contribution >= 0.6 is 23.1 Å². The van der Waals surface area contributed by atoms with E-state index >= 15 is 0 Å². The standard InChI is InChI=1S/C8H12N4OS2/c1-5-4-12(2-3-14-5)7(13)6-10-11-8(9)15-6/h5H,2-4H2,1H3,(H2,9,11). The number of aromatic nitrogens is 2. The Morgan fingerprint density at radius 2 is 2.40 bits per heavy atom. The van der Waals surface area contributed by atoms with E-state index in [1.165, 1.54) is 0 Å². The summed E-state index contributed by atoms with van der Waals surface area (Å²) >= 11 is 3.04. The van der Waals surface area contributed by atoms with Crippen molar-refractivity contribution in [2.45, 2.75) is 12.2 Å². The van der Waals surface area contributed by atoms with E-state index in [4.69, 9.17) is 5.73 Å². The molecule has 1 fully saturated rings. The van der Waals surface area contributed by atoms with Gasteiger partial charge in [-0.05, 0) is 0 Å². The van der Waals surface area contributed by atoms with Crippen molar-refractivity contribution in [1.82, 2.24) is 15.1 Å². The number of rotatable bonds is 1. The van der Waals surface area contributed by atoms with Gasteiger partial charge < -0.3 is 10.6 Å². The Hall–Kier alpha value is -0.820. The fourth-order valence-corrected chi connectivity index (χ4v) is 3.05. The van der Waals surface area contributed by atoms with Gasteiger partial charge in [0, 0.05) is 24.1 Å². The van der Waals surface area contributed by atoms with Gasteiger partial charge in [-0.1, -0.05) is 18.3 Å². The van der Waals surface area contributed by atoms with Gasteiger partial charge in [-0.25, -0.2) is 0 Å². The third-order valence-electron chi connectivity index (χ3n) is 2.15. The van der Waals surface area contributed by atoms with Crippen LogP contribution < -0.4 is 5.73 Å². The van der Waals surface area contributed by atoms with Gasteiger partial charge in [0.2, 0.25) is 10.1 Å². The summed E-state index contributed by atoms with van der Waals surface area (Å²) in [5, 5.41) is 8.64. The first-order valence-corrected chi connectivity index (χ1v) is 6.53. The zero-order valence-corrected chi connectivity index (χ0v) is 9.98. The lowest BCUT2D eigenvalue weighted by Gasteiger charge is -2.29. The van der Waals surface area contributed by atoms with Crippen LogP contribution in [0.5, 0.6) is 0 Å². The van der Waals surface area contributed by atoms with Crippen LogP contribution in [0.25, 0.3) is 0 Å². The van der Waals surface area contributed by atoms with E-state index in [2.05, 4.69) is 17.1 Å². The molecule has 0 bridgehead atoms. The van der Waals surface area contributed by atoms with E-state index in [-0.39, 0.29) is 5.91 Å². The molecule has 0 aromatic carbocycles. The van der Waals surface area contributed by atoms with Crippen molar-refractivity contribution in [3.63, 3.8) is 0 Å². The fraction of sp³-hybridized carbons (Fsp3) is 0.625. The van der Waals surface area contributed by atoms with Crippen LogP contribution in [-0.2, 0) is 0 Å². The molecule has 0 saturated carbocycles. The molecule has 1 aliphatic rings. The Labute approximate surface area is 96.0 Å². The summed E-state index contributed by atoms with van der Waals surface area (Å²) in [6.07, 6.45) is 0. The van der Waals surface area contributed by atoms with Crippen LogP contribution in [0.15, 0.2) is 0 Å². The average molecular weight is 244 g/mol. The summed E-state index contributed by atoms with van der Waals surface area (Å²) in [5.74, 6) is 0.942. The van der Waals surface area contributed by atoms with Crippen LogP contribution in [0, 0.1) is 0 Å². The second-order valence-electron chi connectivity index (χ2n) is 3.38. The molecule has 82 valence electrons. The van der Waals surface area contributed by atoms with Crippen molar-refractivity contribution in [3.05, 3.63) is 5.01 Å². The van der Waals surface area contributed by atoms with Gasteiger partial charge in [0.25, 0.3) is 5.91 Å². The number of carbonyl (C=O) groups is 1. The lowest BCUT2D eigenvalue weighted by molar-refractivity contribution is 0.0762. The Kier molecular flexibility index (Phi) is 3.11. The quantitative estimate of drug-likeness (QED) is 0.787. The number of carbonyl (C=O) groups excluding carboxylic acids is 1. The van der Waals surface area contributed by atoms with Gasteiger partial charge in [-0.3, -0.25) is 4.79 Å². The monoisotopic (exact) mass is 244 g/mol. The third-order valence-corrected chi connectivity index (χ3v) is 4.03. The van der Waals surface area contributed by atoms with Gasteiger partial charge in [0.05, 0.1) is 0 Å². The highest BCUT2D eigenvalue weighted by Gasteiger charge is 2.24. The predicted octanol–water partition coefficient (Wildman–Crippen LogP) is 0.698.